The Labute approximate surface area is 226 Å². The molecule has 2 atom stereocenters. The summed E-state index contributed by atoms with van der Waals surface area (Å²) >= 11 is 0. The number of anilines is 1. The summed E-state index contributed by atoms with van der Waals surface area (Å²) < 4.78 is 28.6. The molecule has 0 aromatic heterocycles. The molecule has 0 aliphatic heterocycles. The van der Waals surface area contributed by atoms with Gasteiger partial charge in [0.15, 0.2) is 0 Å². The van der Waals surface area contributed by atoms with Crippen LogP contribution in [0.2, 0.25) is 0 Å². The maximum atomic E-state index is 14.0. The van der Waals surface area contributed by atoms with Crippen molar-refractivity contribution in [3.8, 4) is 0 Å². The maximum Gasteiger partial charge on any atom is 0.264 e. The van der Waals surface area contributed by atoms with Gasteiger partial charge in [0, 0.05) is 12.6 Å². The Bertz CT molecular complexity index is 1310. The summed E-state index contributed by atoms with van der Waals surface area (Å²) in [6, 6.07) is 23.5. The second-order valence-electron chi connectivity index (χ2n) is 9.35. The first-order valence-corrected chi connectivity index (χ1v) is 14.4. The lowest BCUT2D eigenvalue weighted by Gasteiger charge is -2.34. The quantitative estimate of drug-likeness (QED) is 0.357. The molecular weight excluding hydrogens is 498 g/mol. The van der Waals surface area contributed by atoms with Gasteiger partial charge in [-0.2, -0.15) is 0 Å². The number of hydrogen-bond donors (Lipinski definition) is 1. The highest BCUT2D eigenvalue weighted by Crippen LogP contribution is 2.25. The van der Waals surface area contributed by atoms with Crippen molar-refractivity contribution in [2.45, 2.75) is 64.1 Å². The van der Waals surface area contributed by atoms with Crippen LogP contribution in [0.5, 0.6) is 0 Å². The minimum absolute atomic E-state index is 0.0498. The molecule has 8 heteroatoms. The van der Waals surface area contributed by atoms with E-state index in [1.54, 1.807) is 48.5 Å². The van der Waals surface area contributed by atoms with E-state index >= 15 is 0 Å². The molecule has 2 amide bonds. The summed E-state index contributed by atoms with van der Waals surface area (Å²) in [7, 11) is -4.05. The van der Waals surface area contributed by atoms with Crippen LogP contribution >= 0.6 is 0 Å². The summed E-state index contributed by atoms with van der Waals surface area (Å²) in [6.07, 6.45) is 1.14. The standard InChI is InChI=1S/C30H37N3O4S/c1-5-24(4)31-30(35)28(6-2)32(21-25-16-14-13-15-23(25)3)29(34)22-33(26-17-9-7-10-18-26)38(36,37)27-19-11-8-12-20-27/h7-20,24,28H,5-6,21-22H2,1-4H3,(H,31,35)/t24-,28+/m0/s1. The van der Waals surface area contributed by atoms with E-state index in [-0.39, 0.29) is 23.4 Å². The number of amides is 2. The highest BCUT2D eigenvalue weighted by molar-refractivity contribution is 7.92. The van der Waals surface area contributed by atoms with Crippen LogP contribution in [-0.2, 0) is 26.2 Å². The molecule has 0 radical (unpaired) electrons. The monoisotopic (exact) mass is 535 g/mol. The van der Waals surface area contributed by atoms with Gasteiger partial charge in [0.2, 0.25) is 11.8 Å². The summed E-state index contributed by atoms with van der Waals surface area (Å²) in [5.41, 5.74) is 2.25. The van der Waals surface area contributed by atoms with Gasteiger partial charge in [0.1, 0.15) is 12.6 Å². The molecule has 0 aliphatic carbocycles. The Hall–Kier alpha value is -3.65. The zero-order valence-electron chi connectivity index (χ0n) is 22.5. The number of hydrogen-bond acceptors (Lipinski definition) is 4. The smallest absolute Gasteiger partial charge is 0.264 e. The molecule has 0 unspecified atom stereocenters. The van der Waals surface area contributed by atoms with E-state index in [4.69, 9.17) is 0 Å². The number of benzene rings is 3. The molecule has 0 bridgehead atoms. The van der Waals surface area contributed by atoms with Crippen LogP contribution < -0.4 is 9.62 Å². The fraction of sp³-hybridized carbons (Fsp3) is 0.333. The lowest BCUT2D eigenvalue weighted by molar-refractivity contribution is -0.140. The summed E-state index contributed by atoms with van der Waals surface area (Å²) in [6.45, 7) is 7.45. The molecule has 1 N–H and O–H groups in total. The minimum atomic E-state index is -4.05. The van der Waals surface area contributed by atoms with E-state index in [1.165, 1.54) is 17.0 Å². The average Bonchev–Trinajstić information content (AvgIpc) is 2.93. The third-order valence-corrected chi connectivity index (χ3v) is 8.43. The van der Waals surface area contributed by atoms with Crippen LogP contribution in [0.15, 0.2) is 89.8 Å². The minimum Gasteiger partial charge on any atom is -0.352 e. The van der Waals surface area contributed by atoms with E-state index in [1.807, 2.05) is 52.0 Å². The van der Waals surface area contributed by atoms with E-state index < -0.39 is 28.5 Å². The fourth-order valence-electron chi connectivity index (χ4n) is 4.17. The number of carbonyl (C=O) groups is 2. The van der Waals surface area contributed by atoms with Crippen molar-refractivity contribution in [3.05, 3.63) is 96.1 Å². The van der Waals surface area contributed by atoms with Crippen molar-refractivity contribution in [1.29, 1.82) is 0 Å². The van der Waals surface area contributed by atoms with Crippen LogP contribution in [0.25, 0.3) is 0 Å². The van der Waals surface area contributed by atoms with Crippen molar-refractivity contribution in [3.63, 3.8) is 0 Å². The van der Waals surface area contributed by atoms with Gasteiger partial charge in [-0.05, 0) is 62.1 Å². The van der Waals surface area contributed by atoms with Gasteiger partial charge in [-0.1, -0.05) is 74.5 Å². The Morgan fingerprint density at radius 3 is 2.00 bits per heavy atom. The normalized spacial score (nSPS) is 12.8. The van der Waals surface area contributed by atoms with E-state index in [2.05, 4.69) is 5.32 Å². The Balaban J connectivity index is 2.03. The molecule has 3 rings (SSSR count). The molecule has 0 spiro atoms. The molecule has 0 heterocycles. The summed E-state index contributed by atoms with van der Waals surface area (Å²) in [4.78, 5) is 28.9. The number of nitrogens with zero attached hydrogens (tertiary/aromatic N) is 2. The third-order valence-electron chi connectivity index (χ3n) is 6.64. The summed E-state index contributed by atoms with van der Waals surface area (Å²) in [5, 5.41) is 2.99. The molecule has 0 aliphatic rings. The first-order valence-electron chi connectivity index (χ1n) is 13.0. The van der Waals surface area contributed by atoms with Crippen LogP contribution in [0.1, 0.15) is 44.7 Å². The first-order chi connectivity index (χ1) is 18.2. The fourth-order valence-corrected chi connectivity index (χ4v) is 5.61. The van der Waals surface area contributed by atoms with Crippen molar-refractivity contribution in [2.24, 2.45) is 0 Å². The highest BCUT2D eigenvalue weighted by atomic mass is 32.2. The Kier molecular flexibility index (Phi) is 10.1. The number of nitrogens with one attached hydrogen (secondary N) is 1. The zero-order chi connectivity index (χ0) is 27.7. The zero-order valence-corrected chi connectivity index (χ0v) is 23.3. The van der Waals surface area contributed by atoms with Crippen LogP contribution in [0.4, 0.5) is 5.69 Å². The molecule has 3 aromatic rings. The maximum absolute atomic E-state index is 14.0. The molecule has 0 saturated heterocycles. The van der Waals surface area contributed by atoms with Gasteiger partial charge in [0.05, 0.1) is 10.6 Å². The van der Waals surface area contributed by atoms with E-state index in [0.717, 1.165) is 21.9 Å². The molecule has 0 saturated carbocycles. The van der Waals surface area contributed by atoms with Gasteiger partial charge in [-0.25, -0.2) is 8.42 Å². The predicted molar refractivity (Wildman–Crippen MR) is 151 cm³/mol. The van der Waals surface area contributed by atoms with E-state index in [9.17, 15) is 18.0 Å². The van der Waals surface area contributed by atoms with E-state index in [0.29, 0.717) is 12.1 Å². The molecular formula is C30H37N3O4S. The largest absolute Gasteiger partial charge is 0.352 e. The number of aryl methyl sites for hydroxylation is 1. The average molecular weight is 536 g/mol. The van der Waals surface area contributed by atoms with Crippen LogP contribution in [0, 0.1) is 6.92 Å². The van der Waals surface area contributed by atoms with Crippen LogP contribution in [-0.4, -0.2) is 43.8 Å². The second kappa shape index (κ2) is 13.2. The van der Waals surface area contributed by atoms with Crippen molar-refractivity contribution in [1.82, 2.24) is 10.2 Å². The SMILES string of the molecule is CC[C@H](C(=O)N[C@@H](C)CC)N(Cc1ccccc1C)C(=O)CN(c1ccccc1)S(=O)(=O)c1ccccc1. The van der Waals surface area contributed by atoms with Gasteiger partial charge in [0.25, 0.3) is 10.0 Å². The molecule has 38 heavy (non-hydrogen) atoms. The lowest BCUT2D eigenvalue weighted by atomic mass is 10.1. The van der Waals surface area contributed by atoms with Gasteiger partial charge in [-0.3, -0.25) is 13.9 Å². The molecule has 0 fully saturated rings. The Morgan fingerprint density at radius 2 is 1.42 bits per heavy atom. The summed E-state index contributed by atoms with van der Waals surface area (Å²) in [5.74, 6) is -0.705. The predicted octanol–water partition coefficient (Wildman–Crippen LogP) is 4.91. The number of sulfonamides is 1. The van der Waals surface area contributed by atoms with Crippen molar-refractivity contribution in [2.75, 3.05) is 10.8 Å². The molecule has 3 aromatic carbocycles. The first kappa shape index (κ1) is 28.9. The lowest BCUT2D eigenvalue weighted by Crippen LogP contribution is -2.53. The number of para-hydroxylation sites is 1. The Morgan fingerprint density at radius 1 is 0.842 bits per heavy atom. The van der Waals surface area contributed by atoms with Crippen molar-refractivity contribution >= 4 is 27.5 Å². The van der Waals surface area contributed by atoms with Crippen LogP contribution in [0.3, 0.4) is 0 Å². The molecule has 7 nitrogen and oxygen atoms in total. The van der Waals surface area contributed by atoms with Gasteiger partial charge >= 0.3 is 0 Å². The third kappa shape index (κ3) is 7.01. The van der Waals surface area contributed by atoms with Crippen molar-refractivity contribution < 1.29 is 18.0 Å². The highest BCUT2D eigenvalue weighted by Gasteiger charge is 2.34. The number of carbonyl (C=O) groups excluding carboxylic acids is 2. The number of rotatable bonds is 12. The second-order valence-corrected chi connectivity index (χ2v) is 11.2. The molecule has 202 valence electrons. The van der Waals surface area contributed by atoms with Gasteiger partial charge in [-0.15, -0.1) is 0 Å². The topological polar surface area (TPSA) is 86.8 Å². The van der Waals surface area contributed by atoms with Gasteiger partial charge < -0.3 is 10.2 Å².